The van der Waals surface area contributed by atoms with Crippen LogP contribution in [0.2, 0.25) is 0 Å². The summed E-state index contributed by atoms with van der Waals surface area (Å²) in [5.74, 6) is -0.0383. The SMILES string of the molecule is COCC1CN(C(=O)c2ccc3[nH]c(=S)oc3c2)CCO1. The molecule has 1 fully saturated rings. The lowest BCUT2D eigenvalue weighted by Crippen LogP contribution is -2.47. The molecule has 112 valence electrons. The van der Waals surface area contributed by atoms with E-state index in [9.17, 15) is 4.79 Å². The maximum Gasteiger partial charge on any atom is 0.266 e. The Kier molecular flexibility index (Phi) is 4.05. The van der Waals surface area contributed by atoms with Crippen molar-refractivity contribution in [2.75, 3.05) is 33.4 Å². The molecule has 1 aromatic carbocycles. The van der Waals surface area contributed by atoms with Crippen LogP contribution in [0.4, 0.5) is 0 Å². The fraction of sp³-hybridized carbons (Fsp3) is 0.429. The number of oxazole rings is 1. The number of morpholine rings is 1. The number of hydrogen-bond acceptors (Lipinski definition) is 5. The van der Waals surface area contributed by atoms with E-state index < -0.39 is 0 Å². The molecule has 0 saturated carbocycles. The number of nitrogens with zero attached hydrogens (tertiary/aromatic N) is 1. The minimum atomic E-state index is -0.0763. The highest BCUT2D eigenvalue weighted by Crippen LogP contribution is 2.18. The molecule has 6 nitrogen and oxygen atoms in total. The molecule has 1 amide bonds. The maximum absolute atomic E-state index is 12.6. The molecule has 1 saturated heterocycles. The van der Waals surface area contributed by atoms with Crippen LogP contribution in [0.5, 0.6) is 0 Å². The highest BCUT2D eigenvalue weighted by atomic mass is 32.1. The van der Waals surface area contributed by atoms with Gasteiger partial charge >= 0.3 is 0 Å². The number of carbonyl (C=O) groups is 1. The summed E-state index contributed by atoms with van der Waals surface area (Å²) in [6.07, 6.45) is -0.0763. The van der Waals surface area contributed by atoms with Gasteiger partial charge in [-0.3, -0.25) is 4.79 Å². The number of fused-ring (bicyclic) bond motifs is 1. The number of methoxy groups -OCH3 is 1. The Hall–Kier alpha value is -1.70. The molecule has 0 aliphatic carbocycles. The molecule has 1 aliphatic heterocycles. The first-order valence-electron chi connectivity index (χ1n) is 6.70. The molecule has 0 bridgehead atoms. The summed E-state index contributed by atoms with van der Waals surface area (Å²) in [6.45, 7) is 2.11. The number of amides is 1. The Labute approximate surface area is 126 Å². The van der Waals surface area contributed by atoms with Crippen LogP contribution < -0.4 is 0 Å². The fourth-order valence-electron chi connectivity index (χ4n) is 2.45. The van der Waals surface area contributed by atoms with Crippen molar-refractivity contribution in [2.24, 2.45) is 0 Å². The summed E-state index contributed by atoms with van der Waals surface area (Å²) in [7, 11) is 1.62. The normalized spacial score (nSPS) is 19.1. The van der Waals surface area contributed by atoms with Gasteiger partial charge in [-0.25, -0.2) is 0 Å². The van der Waals surface area contributed by atoms with E-state index in [4.69, 9.17) is 26.1 Å². The third kappa shape index (κ3) is 2.99. The smallest absolute Gasteiger partial charge is 0.266 e. The lowest BCUT2D eigenvalue weighted by Gasteiger charge is -2.32. The summed E-state index contributed by atoms with van der Waals surface area (Å²) in [6, 6.07) is 5.28. The van der Waals surface area contributed by atoms with Crippen molar-refractivity contribution in [3.63, 3.8) is 0 Å². The fourth-order valence-corrected chi connectivity index (χ4v) is 2.65. The number of aromatic amines is 1. The van der Waals surface area contributed by atoms with Crippen LogP contribution in [0.25, 0.3) is 11.1 Å². The molecule has 21 heavy (non-hydrogen) atoms. The molecule has 1 unspecified atom stereocenters. The number of hydrogen-bond donors (Lipinski definition) is 1. The van der Waals surface area contributed by atoms with Crippen molar-refractivity contribution in [2.45, 2.75) is 6.10 Å². The third-order valence-corrected chi connectivity index (χ3v) is 3.63. The molecule has 0 radical (unpaired) electrons. The van der Waals surface area contributed by atoms with Gasteiger partial charge in [0.2, 0.25) is 0 Å². The van der Waals surface area contributed by atoms with E-state index in [1.54, 1.807) is 30.2 Å². The van der Waals surface area contributed by atoms with E-state index in [0.717, 1.165) is 5.52 Å². The first kappa shape index (κ1) is 14.2. The van der Waals surface area contributed by atoms with Gasteiger partial charge in [-0.2, -0.15) is 0 Å². The summed E-state index contributed by atoms with van der Waals surface area (Å²) in [5, 5.41) is 0. The van der Waals surface area contributed by atoms with Gasteiger partial charge in [-0.15, -0.1) is 0 Å². The average Bonchev–Trinajstić information content (AvgIpc) is 2.86. The van der Waals surface area contributed by atoms with Gasteiger partial charge in [0.05, 0.1) is 24.8 Å². The zero-order valence-electron chi connectivity index (χ0n) is 11.6. The molecular formula is C14H16N2O4S. The molecule has 2 aromatic rings. The number of aromatic nitrogens is 1. The minimum Gasteiger partial charge on any atom is -0.429 e. The second-order valence-electron chi connectivity index (χ2n) is 4.92. The predicted molar refractivity (Wildman–Crippen MR) is 78.9 cm³/mol. The Morgan fingerprint density at radius 2 is 2.43 bits per heavy atom. The number of carbonyl (C=O) groups excluding carboxylic acids is 1. The molecule has 1 N–H and O–H groups in total. The summed E-state index contributed by atoms with van der Waals surface area (Å²) in [4.78, 5) is 17.5. The second-order valence-corrected chi connectivity index (χ2v) is 5.30. The predicted octanol–water partition coefficient (Wildman–Crippen LogP) is 1.98. The molecule has 2 heterocycles. The van der Waals surface area contributed by atoms with E-state index in [2.05, 4.69) is 4.98 Å². The molecule has 1 aliphatic rings. The van der Waals surface area contributed by atoms with Crippen LogP contribution in [0.15, 0.2) is 22.6 Å². The quantitative estimate of drug-likeness (QED) is 0.878. The van der Waals surface area contributed by atoms with Crippen LogP contribution in [0, 0.1) is 4.84 Å². The minimum absolute atomic E-state index is 0.0383. The lowest BCUT2D eigenvalue weighted by molar-refractivity contribution is -0.0531. The number of nitrogens with one attached hydrogen (secondary N) is 1. The van der Waals surface area contributed by atoms with Gasteiger partial charge in [0, 0.05) is 25.8 Å². The lowest BCUT2D eigenvalue weighted by atomic mass is 10.1. The second kappa shape index (κ2) is 5.97. The Bertz CT molecular complexity index is 706. The van der Waals surface area contributed by atoms with Gasteiger partial charge < -0.3 is 23.8 Å². The van der Waals surface area contributed by atoms with Crippen molar-refractivity contribution < 1.29 is 18.7 Å². The zero-order valence-corrected chi connectivity index (χ0v) is 12.4. The average molecular weight is 308 g/mol. The number of ether oxygens (including phenoxy) is 2. The van der Waals surface area contributed by atoms with Crippen LogP contribution in [-0.2, 0) is 9.47 Å². The van der Waals surface area contributed by atoms with E-state index >= 15 is 0 Å². The van der Waals surface area contributed by atoms with Crippen molar-refractivity contribution >= 4 is 29.2 Å². The molecule has 1 atom stereocenters. The van der Waals surface area contributed by atoms with E-state index in [1.165, 1.54) is 0 Å². The highest BCUT2D eigenvalue weighted by Gasteiger charge is 2.25. The van der Waals surface area contributed by atoms with Gasteiger partial charge in [-0.1, -0.05) is 0 Å². The van der Waals surface area contributed by atoms with Crippen molar-refractivity contribution in [3.05, 3.63) is 28.6 Å². The van der Waals surface area contributed by atoms with E-state index in [-0.39, 0.29) is 12.0 Å². The zero-order chi connectivity index (χ0) is 14.8. The topological polar surface area (TPSA) is 67.7 Å². The third-order valence-electron chi connectivity index (χ3n) is 3.45. The van der Waals surface area contributed by atoms with Crippen molar-refractivity contribution in [1.82, 2.24) is 9.88 Å². The van der Waals surface area contributed by atoms with Gasteiger partial charge in [0.15, 0.2) is 5.58 Å². The van der Waals surface area contributed by atoms with Gasteiger partial charge in [-0.05, 0) is 30.4 Å². The van der Waals surface area contributed by atoms with Gasteiger partial charge in [0.1, 0.15) is 0 Å². The molecule has 0 spiro atoms. The van der Waals surface area contributed by atoms with E-state index in [0.29, 0.717) is 42.3 Å². The highest BCUT2D eigenvalue weighted by molar-refractivity contribution is 7.71. The number of rotatable bonds is 3. The molecule has 3 rings (SSSR count). The first-order valence-corrected chi connectivity index (χ1v) is 7.11. The number of H-pyrrole nitrogens is 1. The molecular weight excluding hydrogens is 292 g/mol. The van der Waals surface area contributed by atoms with Crippen molar-refractivity contribution in [1.29, 1.82) is 0 Å². The Morgan fingerprint density at radius 1 is 1.57 bits per heavy atom. The Balaban J connectivity index is 1.80. The van der Waals surface area contributed by atoms with Crippen LogP contribution in [0.3, 0.4) is 0 Å². The largest absolute Gasteiger partial charge is 0.429 e. The summed E-state index contributed by atoms with van der Waals surface area (Å²) in [5.41, 5.74) is 1.96. The summed E-state index contributed by atoms with van der Waals surface area (Å²) < 4.78 is 16.0. The van der Waals surface area contributed by atoms with Crippen molar-refractivity contribution in [3.8, 4) is 0 Å². The monoisotopic (exact) mass is 308 g/mol. The van der Waals surface area contributed by atoms with E-state index in [1.807, 2.05) is 0 Å². The maximum atomic E-state index is 12.6. The first-order chi connectivity index (χ1) is 10.2. The van der Waals surface area contributed by atoms with Crippen LogP contribution in [-0.4, -0.2) is 55.3 Å². The number of benzene rings is 1. The summed E-state index contributed by atoms with van der Waals surface area (Å²) >= 11 is 4.94. The standard InChI is InChI=1S/C14H16N2O4S/c1-18-8-10-7-16(4-5-19-10)13(17)9-2-3-11-12(6-9)20-14(21)15-11/h2-3,6,10H,4-5,7-8H2,1H3,(H,15,21). The van der Waals surface area contributed by atoms with Gasteiger partial charge in [0.25, 0.3) is 10.7 Å². The van der Waals surface area contributed by atoms with Crippen LogP contribution in [0.1, 0.15) is 10.4 Å². The molecule has 7 heteroatoms. The van der Waals surface area contributed by atoms with Crippen LogP contribution >= 0.6 is 12.2 Å². The Morgan fingerprint density at radius 3 is 3.24 bits per heavy atom. The molecule has 1 aromatic heterocycles.